The van der Waals surface area contributed by atoms with Gasteiger partial charge in [0, 0.05) is 5.69 Å². The van der Waals surface area contributed by atoms with Crippen molar-refractivity contribution < 1.29 is 5.11 Å². The fourth-order valence-corrected chi connectivity index (χ4v) is 4.71. The Kier molecular flexibility index (Phi) is 4.32. The molecule has 0 bridgehead atoms. The molecule has 2 saturated carbocycles. The second-order valence-corrected chi connectivity index (χ2v) is 7.51. The lowest BCUT2D eigenvalue weighted by Crippen LogP contribution is -2.56. The van der Waals surface area contributed by atoms with Gasteiger partial charge in [-0.3, -0.25) is 0 Å². The molecule has 2 aromatic carbocycles. The maximum atomic E-state index is 11.3. The summed E-state index contributed by atoms with van der Waals surface area (Å²) in [5.41, 5.74) is 3.10. The summed E-state index contributed by atoms with van der Waals surface area (Å²) in [4.78, 5) is 0. The van der Waals surface area contributed by atoms with Crippen molar-refractivity contribution in [2.24, 2.45) is 5.92 Å². The second-order valence-electron chi connectivity index (χ2n) is 7.51. The van der Waals surface area contributed by atoms with E-state index in [0.717, 1.165) is 24.9 Å². The van der Waals surface area contributed by atoms with E-state index < -0.39 is 5.60 Å². The number of fused-ring (bicyclic) bond motifs is 1. The molecule has 0 amide bonds. The number of aliphatic hydroxyl groups is 1. The molecule has 0 aliphatic heterocycles. The summed E-state index contributed by atoms with van der Waals surface area (Å²) in [5, 5.41) is 14.9. The molecule has 2 aliphatic rings. The normalized spacial score (nSPS) is 29.7. The van der Waals surface area contributed by atoms with Gasteiger partial charge >= 0.3 is 0 Å². The first-order valence-electron chi connectivity index (χ1n) is 9.40. The summed E-state index contributed by atoms with van der Waals surface area (Å²) >= 11 is 0. The van der Waals surface area contributed by atoms with E-state index >= 15 is 0 Å². The van der Waals surface area contributed by atoms with Crippen molar-refractivity contribution in [3.63, 3.8) is 0 Å². The van der Waals surface area contributed by atoms with E-state index in [-0.39, 0.29) is 6.04 Å². The zero-order valence-electron chi connectivity index (χ0n) is 14.2. The predicted octanol–water partition coefficient (Wildman–Crippen LogP) is 5.24. The molecule has 1 unspecified atom stereocenters. The molecule has 0 heterocycles. The van der Waals surface area contributed by atoms with Gasteiger partial charge in [-0.15, -0.1) is 0 Å². The molecule has 2 N–H and O–H groups in total. The van der Waals surface area contributed by atoms with E-state index in [2.05, 4.69) is 53.8 Å². The Morgan fingerprint density at radius 2 is 1.50 bits per heavy atom. The standard InChI is InChI=1S/C22H27NO/c24-22-16-5-4-9-19(22)10-6-11-21(22)23-20-14-12-18(13-15-20)17-7-2-1-3-8-17/h1-3,7-8,12-15,19,21,23-24H,4-6,9-11,16H2/t19-,21?,22-/m1/s1. The van der Waals surface area contributed by atoms with Crippen molar-refractivity contribution >= 4 is 5.69 Å². The number of hydrogen-bond acceptors (Lipinski definition) is 2. The monoisotopic (exact) mass is 321 g/mol. The molecule has 24 heavy (non-hydrogen) atoms. The fourth-order valence-electron chi connectivity index (χ4n) is 4.71. The van der Waals surface area contributed by atoms with Gasteiger partial charge in [0.25, 0.3) is 0 Å². The Labute approximate surface area is 144 Å². The largest absolute Gasteiger partial charge is 0.387 e. The van der Waals surface area contributed by atoms with Crippen LogP contribution in [0, 0.1) is 5.92 Å². The first-order chi connectivity index (χ1) is 11.8. The Morgan fingerprint density at radius 3 is 2.29 bits per heavy atom. The molecule has 2 fully saturated rings. The van der Waals surface area contributed by atoms with Gasteiger partial charge in [0.15, 0.2) is 0 Å². The minimum absolute atomic E-state index is 0.194. The first kappa shape index (κ1) is 15.7. The number of benzene rings is 2. The summed E-state index contributed by atoms with van der Waals surface area (Å²) in [6.45, 7) is 0. The Bertz CT molecular complexity index is 664. The van der Waals surface area contributed by atoms with Crippen LogP contribution in [0.1, 0.15) is 44.9 Å². The summed E-state index contributed by atoms with van der Waals surface area (Å²) in [5.74, 6) is 0.487. The highest BCUT2D eigenvalue weighted by Gasteiger charge is 2.47. The molecule has 4 rings (SSSR count). The highest BCUT2D eigenvalue weighted by atomic mass is 16.3. The van der Waals surface area contributed by atoms with Crippen molar-refractivity contribution in [1.29, 1.82) is 0 Å². The molecule has 0 saturated heterocycles. The number of anilines is 1. The number of nitrogens with one attached hydrogen (secondary N) is 1. The molecular formula is C22H27NO. The van der Waals surface area contributed by atoms with Crippen molar-refractivity contribution in [1.82, 2.24) is 0 Å². The van der Waals surface area contributed by atoms with Crippen LogP contribution >= 0.6 is 0 Å². The maximum Gasteiger partial charge on any atom is 0.0875 e. The average Bonchev–Trinajstić information content (AvgIpc) is 2.64. The molecule has 2 nitrogen and oxygen atoms in total. The fraction of sp³-hybridized carbons (Fsp3) is 0.455. The molecule has 0 aromatic heterocycles. The van der Waals surface area contributed by atoms with E-state index in [0.29, 0.717) is 5.92 Å². The van der Waals surface area contributed by atoms with E-state index in [1.54, 1.807) is 0 Å². The van der Waals surface area contributed by atoms with Crippen LogP contribution in [0.15, 0.2) is 54.6 Å². The molecule has 2 heteroatoms. The molecule has 2 aliphatic carbocycles. The quantitative estimate of drug-likeness (QED) is 0.810. The van der Waals surface area contributed by atoms with Crippen molar-refractivity contribution in [3.8, 4) is 11.1 Å². The lowest BCUT2D eigenvalue weighted by atomic mass is 9.65. The SMILES string of the molecule is O[C@]12CCCC[C@@H]1CCCC2Nc1ccc(-c2ccccc2)cc1. The van der Waals surface area contributed by atoms with Crippen LogP contribution in [-0.4, -0.2) is 16.7 Å². The smallest absolute Gasteiger partial charge is 0.0875 e. The third kappa shape index (κ3) is 2.95. The van der Waals surface area contributed by atoms with E-state index in [1.807, 2.05) is 6.07 Å². The molecule has 0 radical (unpaired) electrons. The summed E-state index contributed by atoms with van der Waals surface area (Å²) in [7, 11) is 0. The van der Waals surface area contributed by atoms with E-state index in [4.69, 9.17) is 0 Å². The Balaban J connectivity index is 1.50. The van der Waals surface area contributed by atoms with Crippen LogP contribution in [-0.2, 0) is 0 Å². The highest BCUT2D eigenvalue weighted by molar-refractivity contribution is 5.66. The third-order valence-electron chi connectivity index (χ3n) is 6.07. The summed E-state index contributed by atoms with van der Waals surface area (Å²) < 4.78 is 0. The van der Waals surface area contributed by atoms with Crippen LogP contribution in [0.25, 0.3) is 11.1 Å². The Morgan fingerprint density at radius 1 is 0.792 bits per heavy atom. The zero-order chi connectivity index (χ0) is 16.4. The number of rotatable bonds is 3. The van der Waals surface area contributed by atoms with Crippen LogP contribution in [0.5, 0.6) is 0 Å². The minimum Gasteiger partial charge on any atom is -0.387 e. The van der Waals surface area contributed by atoms with Gasteiger partial charge in [0.2, 0.25) is 0 Å². The van der Waals surface area contributed by atoms with Crippen molar-refractivity contribution in [2.45, 2.75) is 56.6 Å². The first-order valence-corrected chi connectivity index (χ1v) is 9.40. The Hall–Kier alpha value is -1.80. The molecule has 0 spiro atoms. The van der Waals surface area contributed by atoms with Gasteiger partial charge in [-0.25, -0.2) is 0 Å². The maximum absolute atomic E-state index is 11.3. The summed E-state index contributed by atoms with van der Waals surface area (Å²) in [6.07, 6.45) is 8.10. The highest BCUT2D eigenvalue weighted by Crippen LogP contribution is 2.44. The molecule has 2 aromatic rings. The van der Waals surface area contributed by atoms with Crippen LogP contribution in [0.2, 0.25) is 0 Å². The zero-order valence-corrected chi connectivity index (χ0v) is 14.2. The lowest BCUT2D eigenvalue weighted by molar-refractivity contribution is -0.0835. The third-order valence-corrected chi connectivity index (χ3v) is 6.07. The van der Waals surface area contributed by atoms with Gasteiger partial charge in [-0.05, 0) is 54.9 Å². The van der Waals surface area contributed by atoms with Crippen molar-refractivity contribution in [2.75, 3.05) is 5.32 Å². The lowest BCUT2D eigenvalue weighted by Gasteiger charge is -2.49. The van der Waals surface area contributed by atoms with Crippen LogP contribution < -0.4 is 5.32 Å². The van der Waals surface area contributed by atoms with Gasteiger partial charge in [0.1, 0.15) is 0 Å². The molecular weight excluding hydrogens is 294 g/mol. The van der Waals surface area contributed by atoms with Crippen molar-refractivity contribution in [3.05, 3.63) is 54.6 Å². The predicted molar refractivity (Wildman–Crippen MR) is 100 cm³/mol. The van der Waals surface area contributed by atoms with Gasteiger partial charge in [-0.1, -0.05) is 61.7 Å². The minimum atomic E-state index is -0.505. The topological polar surface area (TPSA) is 32.3 Å². The van der Waals surface area contributed by atoms with Crippen LogP contribution in [0.3, 0.4) is 0 Å². The van der Waals surface area contributed by atoms with Crippen LogP contribution in [0.4, 0.5) is 5.69 Å². The molecule has 126 valence electrons. The van der Waals surface area contributed by atoms with Gasteiger partial charge < -0.3 is 10.4 Å². The summed E-state index contributed by atoms with van der Waals surface area (Å²) in [6, 6.07) is 19.3. The number of hydrogen-bond donors (Lipinski definition) is 2. The van der Waals surface area contributed by atoms with E-state index in [9.17, 15) is 5.11 Å². The average molecular weight is 321 g/mol. The second kappa shape index (κ2) is 6.60. The molecule has 3 atom stereocenters. The van der Waals surface area contributed by atoms with E-state index in [1.165, 1.54) is 36.8 Å². The van der Waals surface area contributed by atoms with Gasteiger partial charge in [0.05, 0.1) is 11.6 Å². The van der Waals surface area contributed by atoms with Gasteiger partial charge in [-0.2, -0.15) is 0 Å².